The van der Waals surface area contributed by atoms with Crippen LogP contribution in [-0.2, 0) is 32.2 Å². The number of ketones is 2. The van der Waals surface area contributed by atoms with Crippen molar-refractivity contribution in [3.63, 3.8) is 0 Å². The van der Waals surface area contributed by atoms with Gasteiger partial charge in [-0.05, 0) is 73.8 Å². The maximum absolute atomic E-state index is 12.9. The van der Waals surface area contributed by atoms with Crippen LogP contribution in [0.5, 0.6) is 0 Å². The van der Waals surface area contributed by atoms with Crippen LogP contribution in [0.2, 0.25) is 0 Å². The Balaban J connectivity index is 0.972. The van der Waals surface area contributed by atoms with Gasteiger partial charge >= 0.3 is 5.97 Å². The highest BCUT2D eigenvalue weighted by Crippen LogP contribution is 2.64. The molecule has 41 heavy (non-hydrogen) atoms. The van der Waals surface area contributed by atoms with E-state index >= 15 is 0 Å². The second kappa shape index (κ2) is 9.46. The number of nitrogens with zero attached hydrogens (tertiary/aromatic N) is 4. The zero-order chi connectivity index (χ0) is 28.5. The number of carbonyl (C=O) groups is 4. The zero-order valence-electron chi connectivity index (χ0n) is 23.7. The van der Waals surface area contributed by atoms with E-state index in [1.54, 1.807) is 30.5 Å². The van der Waals surface area contributed by atoms with Crippen molar-refractivity contribution < 1.29 is 23.9 Å². The molecule has 0 spiro atoms. The summed E-state index contributed by atoms with van der Waals surface area (Å²) in [6.45, 7) is 4.65. The summed E-state index contributed by atoms with van der Waals surface area (Å²) in [6.07, 6.45) is 11.4. The number of hydrogen-bond donors (Lipinski definition) is 0. The number of carbonyl (C=O) groups excluding carboxylic acids is 4. The molecule has 0 N–H and O–H groups in total. The topological polar surface area (TPSA) is 111 Å². The fourth-order valence-corrected chi connectivity index (χ4v) is 8.91. The average molecular weight is 557 g/mol. The molecule has 3 fully saturated rings. The van der Waals surface area contributed by atoms with E-state index in [4.69, 9.17) is 4.74 Å². The summed E-state index contributed by atoms with van der Waals surface area (Å²) in [4.78, 5) is 51.7. The van der Waals surface area contributed by atoms with Crippen molar-refractivity contribution in [1.82, 2.24) is 15.0 Å². The number of allylic oxidation sites excluding steroid dienone is 1. The summed E-state index contributed by atoms with van der Waals surface area (Å²) in [5, 5.41) is 8.17. The van der Waals surface area contributed by atoms with Gasteiger partial charge in [-0.25, -0.2) is 4.68 Å². The number of fused-ring (bicyclic) bond motifs is 6. The molecule has 2 heterocycles. The van der Waals surface area contributed by atoms with Crippen molar-refractivity contribution in [3.05, 3.63) is 53.4 Å². The molecule has 0 unspecified atom stereocenters. The van der Waals surface area contributed by atoms with Crippen molar-refractivity contribution in [2.45, 2.75) is 84.4 Å². The van der Waals surface area contributed by atoms with E-state index < -0.39 is 11.7 Å². The third-order valence-corrected chi connectivity index (χ3v) is 11.1. The van der Waals surface area contributed by atoms with Gasteiger partial charge in [-0.1, -0.05) is 42.8 Å². The number of para-hydroxylation sites is 1. The van der Waals surface area contributed by atoms with Gasteiger partial charge in [0.25, 0.3) is 11.7 Å². The van der Waals surface area contributed by atoms with Gasteiger partial charge < -0.3 is 4.74 Å². The molecule has 4 aliphatic carbocycles. The molecule has 3 saturated carbocycles. The Bertz CT molecular complexity index is 1490. The van der Waals surface area contributed by atoms with Gasteiger partial charge in [-0.3, -0.25) is 24.1 Å². The monoisotopic (exact) mass is 556 g/mol. The van der Waals surface area contributed by atoms with Gasteiger partial charge in [0.2, 0.25) is 0 Å². The molecular weight excluding hydrogens is 520 g/mol. The van der Waals surface area contributed by atoms with E-state index in [9.17, 15) is 19.2 Å². The average Bonchev–Trinajstić information content (AvgIpc) is 3.60. The summed E-state index contributed by atoms with van der Waals surface area (Å²) in [7, 11) is 0. The van der Waals surface area contributed by atoms with Gasteiger partial charge in [-0.15, -0.1) is 5.10 Å². The Kier molecular flexibility index (Phi) is 6.07. The molecule has 1 aliphatic heterocycles. The first-order valence-corrected chi connectivity index (χ1v) is 14.9. The molecule has 1 aromatic carbocycles. The Hall–Kier alpha value is -3.62. The van der Waals surface area contributed by atoms with Crippen LogP contribution in [0.15, 0.2) is 42.1 Å². The number of anilines is 1. The minimum atomic E-state index is -0.591. The highest BCUT2D eigenvalue weighted by molar-refractivity contribution is 6.52. The molecule has 1 aromatic heterocycles. The van der Waals surface area contributed by atoms with Crippen molar-refractivity contribution >= 4 is 29.1 Å². The Morgan fingerprint density at radius 3 is 2.68 bits per heavy atom. The van der Waals surface area contributed by atoms with Gasteiger partial charge in [0, 0.05) is 18.3 Å². The van der Waals surface area contributed by atoms with Crippen LogP contribution >= 0.6 is 0 Å². The molecule has 214 valence electrons. The second-order valence-electron chi connectivity index (χ2n) is 13.2. The lowest BCUT2D eigenvalue weighted by atomic mass is 9.48. The third-order valence-electron chi connectivity index (χ3n) is 11.1. The van der Waals surface area contributed by atoms with Crippen LogP contribution in [0.25, 0.3) is 0 Å². The molecule has 0 radical (unpaired) electrons. The maximum Gasteiger partial charge on any atom is 0.328 e. The fraction of sp³-hybridized carbons (Fsp3) is 0.562. The Morgan fingerprint density at radius 2 is 1.83 bits per heavy atom. The molecule has 6 atom stereocenters. The smallest absolute Gasteiger partial charge is 0.328 e. The zero-order valence-corrected chi connectivity index (χ0v) is 23.7. The number of Topliss-reactive ketones (excluding diaryl/α,β-unsaturated/α-hetero) is 2. The van der Waals surface area contributed by atoms with Gasteiger partial charge in [-0.2, -0.15) is 0 Å². The SMILES string of the molecule is C[C@]12CC[C@H](OC(=O)Cn3cc(CN4C(=O)C(=O)c5ccccc54)nn3)CC1=CC[C@@H]1[C@@H]2CC[C@]2(C)C(=O)CC[C@@H]12. The number of ether oxygens (including phenoxy) is 1. The Morgan fingerprint density at radius 1 is 1.05 bits per heavy atom. The van der Waals surface area contributed by atoms with Crippen molar-refractivity contribution in [2.75, 3.05) is 4.90 Å². The first kappa shape index (κ1) is 26.3. The number of amides is 1. The molecule has 1 amide bonds. The summed E-state index contributed by atoms with van der Waals surface area (Å²) in [5.74, 6) is 0.677. The van der Waals surface area contributed by atoms with Gasteiger partial charge in [0.15, 0.2) is 0 Å². The lowest BCUT2D eigenvalue weighted by Gasteiger charge is -2.56. The van der Waals surface area contributed by atoms with E-state index in [-0.39, 0.29) is 36.0 Å². The quantitative estimate of drug-likeness (QED) is 0.304. The normalized spacial score (nSPS) is 34.0. The van der Waals surface area contributed by atoms with E-state index in [1.165, 1.54) is 15.2 Å². The minimum Gasteiger partial charge on any atom is -0.461 e. The van der Waals surface area contributed by atoms with Crippen LogP contribution in [0.4, 0.5) is 5.69 Å². The summed E-state index contributed by atoms with van der Waals surface area (Å²) < 4.78 is 7.34. The number of esters is 1. The van der Waals surface area contributed by atoms with Crippen molar-refractivity contribution in [2.24, 2.45) is 28.6 Å². The summed E-state index contributed by atoms with van der Waals surface area (Å²) in [6, 6.07) is 6.88. The molecule has 2 aromatic rings. The van der Waals surface area contributed by atoms with E-state index in [2.05, 4.69) is 30.2 Å². The van der Waals surface area contributed by atoms with E-state index in [0.717, 1.165) is 51.4 Å². The molecule has 0 saturated heterocycles. The number of benzene rings is 1. The van der Waals surface area contributed by atoms with Crippen LogP contribution in [0.1, 0.15) is 81.3 Å². The van der Waals surface area contributed by atoms with Crippen LogP contribution < -0.4 is 4.90 Å². The molecule has 7 rings (SSSR count). The largest absolute Gasteiger partial charge is 0.461 e. The molecule has 9 heteroatoms. The number of aromatic nitrogens is 3. The second-order valence-corrected chi connectivity index (χ2v) is 13.2. The van der Waals surface area contributed by atoms with Crippen LogP contribution in [0, 0.1) is 28.6 Å². The van der Waals surface area contributed by atoms with Crippen LogP contribution in [-0.4, -0.2) is 44.5 Å². The lowest BCUT2D eigenvalue weighted by molar-refractivity contribution is -0.152. The van der Waals surface area contributed by atoms with Gasteiger partial charge in [0.05, 0.1) is 24.0 Å². The summed E-state index contributed by atoms with van der Waals surface area (Å²) >= 11 is 0. The first-order chi connectivity index (χ1) is 19.7. The highest BCUT2D eigenvalue weighted by atomic mass is 16.5. The van der Waals surface area contributed by atoms with E-state index in [1.807, 2.05) is 0 Å². The summed E-state index contributed by atoms with van der Waals surface area (Å²) in [5.41, 5.74) is 2.84. The predicted octanol–water partition coefficient (Wildman–Crippen LogP) is 4.45. The van der Waals surface area contributed by atoms with E-state index in [0.29, 0.717) is 40.5 Å². The van der Waals surface area contributed by atoms with Crippen molar-refractivity contribution in [1.29, 1.82) is 0 Å². The molecular formula is C32H36N4O5. The molecule has 9 nitrogen and oxygen atoms in total. The number of hydrogen-bond acceptors (Lipinski definition) is 7. The lowest BCUT2D eigenvalue weighted by Crippen LogP contribution is -2.50. The van der Waals surface area contributed by atoms with Crippen molar-refractivity contribution in [3.8, 4) is 0 Å². The fourth-order valence-electron chi connectivity index (χ4n) is 8.91. The highest BCUT2D eigenvalue weighted by Gasteiger charge is 2.58. The molecule has 5 aliphatic rings. The third kappa shape index (κ3) is 4.10. The standard InChI is InChI=1S/C32H36N4O5/c1-31-13-11-21(15-19(31)7-8-22-24-9-10-27(37)32(24,2)14-12-25(22)31)41-28(38)18-35-16-20(33-34-35)17-36-26-6-4-3-5-23(26)29(39)30(36)40/h3-7,16,21-22,24-25H,8-15,17-18H2,1-2H3/t21-,22-,24-,25-,31-,32-/m0/s1. The first-order valence-electron chi connectivity index (χ1n) is 14.9. The predicted molar refractivity (Wildman–Crippen MR) is 149 cm³/mol. The van der Waals surface area contributed by atoms with Crippen LogP contribution in [0.3, 0.4) is 0 Å². The maximum atomic E-state index is 12.9. The minimum absolute atomic E-state index is 0.0672. The Labute approximate surface area is 239 Å². The van der Waals surface area contributed by atoms with Gasteiger partial charge in [0.1, 0.15) is 24.1 Å². The molecule has 0 bridgehead atoms. The number of rotatable bonds is 5.